The smallest absolute Gasteiger partial charge is 0.336 e. The van der Waals surface area contributed by atoms with E-state index in [1.165, 1.54) is 12.1 Å². The minimum atomic E-state index is -1.15. The maximum Gasteiger partial charge on any atom is 0.336 e. The van der Waals surface area contributed by atoms with E-state index in [1.54, 1.807) is 0 Å². The quantitative estimate of drug-likeness (QED) is 0.805. The van der Waals surface area contributed by atoms with Gasteiger partial charge < -0.3 is 10.4 Å². The summed E-state index contributed by atoms with van der Waals surface area (Å²) in [4.78, 5) is 10.9. The lowest BCUT2D eigenvalue weighted by Gasteiger charge is -2.17. The van der Waals surface area contributed by atoms with Gasteiger partial charge in [-0.05, 0) is 53.7 Å². The Labute approximate surface area is 121 Å². The summed E-state index contributed by atoms with van der Waals surface area (Å²) in [6, 6.07) is 3.00. The van der Waals surface area contributed by atoms with Gasteiger partial charge in [0.1, 0.15) is 0 Å². The first kappa shape index (κ1) is 16.0. The SMILES string of the molecule is CC(C)CCC(C)Nc1ccc(C(=O)O)c(Br)c1F. The Hall–Kier alpha value is -1.10. The third kappa shape index (κ3) is 4.49. The van der Waals surface area contributed by atoms with Crippen LogP contribution in [0.3, 0.4) is 0 Å². The van der Waals surface area contributed by atoms with Crippen LogP contribution in [0.2, 0.25) is 0 Å². The van der Waals surface area contributed by atoms with Crippen LogP contribution in [0, 0.1) is 11.7 Å². The normalized spacial score (nSPS) is 12.5. The molecule has 0 aliphatic carbocycles. The Morgan fingerprint density at radius 1 is 1.37 bits per heavy atom. The van der Waals surface area contributed by atoms with E-state index in [0.717, 1.165) is 12.8 Å². The number of halogens is 2. The molecule has 1 unspecified atom stereocenters. The van der Waals surface area contributed by atoms with Crippen molar-refractivity contribution in [2.75, 3.05) is 5.32 Å². The van der Waals surface area contributed by atoms with Gasteiger partial charge in [0.25, 0.3) is 0 Å². The molecule has 1 aromatic carbocycles. The van der Waals surface area contributed by atoms with Crippen LogP contribution in [0.15, 0.2) is 16.6 Å². The van der Waals surface area contributed by atoms with Crippen LogP contribution in [0.5, 0.6) is 0 Å². The van der Waals surface area contributed by atoms with Crippen molar-refractivity contribution < 1.29 is 14.3 Å². The van der Waals surface area contributed by atoms with Gasteiger partial charge in [0.15, 0.2) is 5.82 Å². The van der Waals surface area contributed by atoms with Crippen molar-refractivity contribution in [2.45, 2.75) is 39.7 Å². The maximum atomic E-state index is 14.0. The number of rotatable bonds is 6. The first-order valence-corrected chi connectivity index (χ1v) is 7.10. The van der Waals surface area contributed by atoms with Gasteiger partial charge >= 0.3 is 5.97 Å². The minimum Gasteiger partial charge on any atom is -0.478 e. The molecule has 1 atom stereocenters. The van der Waals surface area contributed by atoms with Crippen LogP contribution in [0.4, 0.5) is 10.1 Å². The summed E-state index contributed by atoms with van der Waals surface area (Å²) in [7, 11) is 0. The molecule has 0 aliphatic rings. The summed E-state index contributed by atoms with van der Waals surface area (Å²) < 4.78 is 14.0. The molecular weight excluding hydrogens is 313 g/mol. The molecule has 3 nitrogen and oxygen atoms in total. The van der Waals surface area contributed by atoms with Crippen molar-refractivity contribution >= 4 is 27.6 Å². The largest absolute Gasteiger partial charge is 0.478 e. The van der Waals surface area contributed by atoms with E-state index in [9.17, 15) is 9.18 Å². The molecule has 0 aliphatic heterocycles. The molecule has 1 rings (SSSR count). The van der Waals surface area contributed by atoms with Gasteiger partial charge in [0.05, 0.1) is 15.7 Å². The number of benzene rings is 1. The number of carboxylic acid groups (broad SMARTS) is 1. The van der Waals surface area contributed by atoms with Gasteiger partial charge in [-0.25, -0.2) is 9.18 Å². The average molecular weight is 332 g/mol. The number of anilines is 1. The lowest BCUT2D eigenvalue weighted by molar-refractivity contribution is 0.0695. The summed E-state index contributed by atoms with van der Waals surface area (Å²) in [6.07, 6.45) is 2.00. The van der Waals surface area contributed by atoms with Gasteiger partial charge in [0, 0.05) is 6.04 Å². The zero-order valence-electron chi connectivity index (χ0n) is 11.3. The molecule has 0 saturated heterocycles. The van der Waals surface area contributed by atoms with E-state index in [1.807, 2.05) is 6.92 Å². The molecule has 0 saturated carbocycles. The van der Waals surface area contributed by atoms with Gasteiger partial charge in [0.2, 0.25) is 0 Å². The van der Waals surface area contributed by atoms with Gasteiger partial charge in [-0.2, -0.15) is 0 Å². The van der Waals surface area contributed by atoms with Crippen molar-refractivity contribution in [1.29, 1.82) is 0 Å². The minimum absolute atomic E-state index is 0.0129. The second-order valence-electron chi connectivity index (χ2n) is 5.11. The molecule has 19 heavy (non-hydrogen) atoms. The maximum absolute atomic E-state index is 14.0. The van der Waals surface area contributed by atoms with Crippen molar-refractivity contribution in [1.82, 2.24) is 0 Å². The lowest BCUT2D eigenvalue weighted by Crippen LogP contribution is -2.17. The molecule has 0 radical (unpaired) electrons. The highest BCUT2D eigenvalue weighted by Crippen LogP contribution is 2.28. The van der Waals surface area contributed by atoms with E-state index in [4.69, 9.17) is 5.11 Å². The molecule has 5 heteroatoms. The van der Waals surface area contributed by atoms with E-state index >= 15 is 0 Å². The zero-order chi connectivity index (χ0) is 14.6. The molecule has 0 amide bonds. The Morgan fingerprint density at radius 2 is 2.00 bits per heavy atom. The Bertz CT molecular complexity index is 463. The number of hydrogen-bond donors (Lipinski definition) is 2. The average Bonchev–Trinajstić information content (AvgIpc) is 2.32. The third-order valence-corrected chi connectivity index (χ3v) is 3.67. The second-order valence-corrected chi connectivity index (χ2v) is 5.90. The standard InChI is InChI=1S/C14H19BrFNO2/c1-8(2)4-5-9(3)17-11-7-6-10(14(18)19)12(15)13(11)16/h6-9,17H,4-5H2,1-3H3,(H,18,19). The fourth-order valence-corrected chi connectivity index (χ4v) is 2.26. The third-order valence-electron chi connectivity index (χ3n) is 2.89. The van der Waals surface area contributed by atoms with E-state index in [2.05, 4.69) is 35.1 Å². The van der Waals surface area contributed by atoms with Crippen molar-refractivity contribution in [3.63, 3.8) is 0 Å². The number of hydrogen-bond acceptors (Lipinski definition) is 2. The van der Waals surface area contributed by atoms with Crippen LogP contribution in [-0.2, 0) is 0 Å². The highest BCUT2D eigenvalue weighted by molar-refractivity contribution is 9.10. The topological polar surface area (TPSA) is 49.3 Å². The van der Waals surface area contributed by atoms with Crippen LogP contribution in [0.1, 0.15) is 44.0 Å². The van der Waals surface area contributed by atoms with Crippen LogP contribution < -0.4 is 5.32 Å². The zero-order valence-corrected chi connectivity index (χ0v) is 12.9. The summed E-state index contributed by atoms with van der Waals surface area (Å²) >= 11 is 2.99. The van der Waals surface area contributed by atoms with E-state index in [-0.39, 0.29) is 16.1 Å². The predicted octanol–water partition coefficient (Wildman–Crippen LogP) is 4.52. The van der Waals surface area contributed by atoms with Crippen LogP contribution in [0.25, 0.3) is 0 Å². The predicted molar refractivity (Wildman–Crippen MR) is 78.2 cm³/mol. The Morgan fingerprint density at radius 3 is 2.53 bits per heavy atom. The number of carbonyl (C=O) groups is 1. The lowest BCUT2D eigenvalue weighted by atomic mass is 10.0. The highest BCUT2D eigenvalue weighted by Gasteiger charge is 2.16. The highest BCUT2D eigenvalue weighted by atomic mass is 79.9. The number of aromatic carboxylic acids is 1. The molecule has 0 spiro atoms. The van der Waals surface area contributed by atoms with Crippen LogP contribution in [-0.4, -0.2) is 17.1 Å². The number of carboxylic acids is 1. The first-order valence-electron chi connectivity index (χ1n) is 6.30. The van der Waals surface area contributed by atoms with Gasteiger partial charge in [-0.15, -0.1) is 0 Å². The fourth-order valence-electron chi connectivity index (χ4n) is 1.75. The van der Waals surface area contributed by atoms with Crippen molar-refractivity contribution in [3.05, 3.63) is 28.0 Å². The van der Waals surface area contributed by atoms with Gasteiger partial charge in [-0.3, -0.25) is 0 Å². The molecule has 106 valence electrons. The van der Waals surface area contributed by atoms with Crippen LogP contribution >= 0.6 is 15.9 Å². The molecule has 2 N–H and O–H groups in total. The fraction of sp³-hybridized carbons (Fsp3) is 0.500. The monoisotopic (exact) mass is 331 g/mol. The van der Waals surface area contributed by atoms with E-state index in [0.29, 0.717) is 11.6 Å². The molecule has 0 aromatic heterocycles. The Kier molecular flexibility index (Phi) is 5.79. The summed E-state index contributed by atoms with van der Waals surface area (Å²) in [5, 5.41) is 12.0. The van der Waals surface area contributed by atoms with Crippen molar-refractivity contribution in [2.24, 2.45) is 5.92 Å². The molecule has 0 fully saturated rings. The van der Waals surface area contributed by atoms with Gasteiger partial charge in [-0.1, -0.05) is 13.8 Å². The molecular formula is C14H19BrFNO2. The summed E-state index contributed by atoms with van der Waals surface area (Å²) in [6.45, 7) is 6.28. The Balaban J connectivity index is 2.80. The molecule has 0 heterocycles. The molecule has 1 aromatic rings. The van der Waals surface area contributed by atoms with Crippen molar-refractivity contribution in [3.8, 4) is 0 Å². The molecule has 0 bridgehead atoms. The van der Waals surface area contributed by atoms with E-state index < -0.39 is 11.8 Å². The summed E-state index contributed by atoms with van der Waals surface area (Å²) in [5.41, 5.74) is 0.256. The summed E-state index contributed by atoms with van der Waals surface area (Å²) in [5.74, 6) is -1.10. The number of nitrogens with one attached hydrogen (secondary N) is 1. The second kappa shape index (κ2) is 6.89. The first-order chi connectivity index (χ1) is 8.82.